The molecule has 0 unspecified atom stereocenters. The summed E-state index contributed by atoms with van der Waals surface area (Å²) in [5, 5.41) is 27.9. The van der Waals surface area contributed by atoms with Crippen molar-refractivity contribution in [1.29, 1.82) is 0 Å². The number of aliphatic hydroxyl groups excluding tert-OH is 1. The first kappa shape index (κ1) is 37.9. The van der Waals surface area contributed by atoms with Crippen LogP contribution >= 0.6 is 7.67 Å². The molecule has 16 heteroatoms. The molecule has 1 aliphatic rings. The molecule has 2 aromatic carbocycles. The number of esters is 2. The van der Waals surface area contributed by atoms with Gasteiger partial charge in [-0.2, -0.15) is 4.98 Å². The predicted octanol–water partition coefficient (Wildman–Crippen LogP) is 1.91. The highest BCUT2D eigenvalue weighted by Gasteiger charge is 2.54. The number of hydrogen-bond acceptors (Lipinski definition) is 12. The lowest BCUT2D eigenvalue weighted by atomic mass is 9.96. The van der Waals surface area contributed by atoms with Gasteiger partial charge in [-0.15, -0.1) is 0 Å². The molecule has 15 nitrogen and oxygen atoms in total. The SMILES string of the molecule is CCOC(=O)[C@H](Cc1ccccc1)NP(=O)(N[C@@H](Cc1ccccc1)C(=O)OCC)OC[C@H]1O[C@@H](n2ccc(OC)nc2=O)[C@](C)(O)[C@@H]1O. The molecular weight excluding hydrogens is 659 g/mol. The van der Waals surface area contributed by atoms with Crippen molar-refractivity contribution in [3.05, 3.63) is 94.5 Å². The molecule has 1 aromatic heterocycles. The van der Waals surface area contributed by atoms with Crippen LogP contribution < -0.4 is 20.6 Å². The summed E-state index contributed by atoms with van der Waals surface area (Å²) in [5.74, 6) is -1.41. The van der Waals surface area contributed by atoms with Crippen LogP contribution in [0.25, 0.3) is 0 Å². The molecule has 4 rings (SSSR count). The van der Waals surface area contributed by atoms with Gasteiger partial charge >= 0.3 is 25.3 Å². The van der Waals surface area contributed by atoms with E-state index in [0.29, 0.717) is 0 Å². The smallest absolute Gasteiger partial charge is 0.353 e. The average molecular weight is 703 g/mol. The number of benzene rings is 2. The highest BCUT2D eigenvalue weighted by molar-refractivity contribution is 7.54. The Morgan fingerprint density at radius 1 is 0.959 bits per heavy atom. The minimum absolute atomic E-state index is 0.0377. The first-order valence-corrected chi connectivity index (χ1v) is 17.4. The number of nitrogens with zero attached hydrogens (tertiary/aromatic N) is 2. The van der Waals surface area contributed by atoms with E-state index in [2.05, 4.69) is 15.2 Å². The maximum absolute atomic E-state index is 14.8. The Kier molecular flexibility index (Phi) is 13.2. The minimum atomic E-state index is -4.47. The Hall–Kier alpha value is -3.95. The van der Waals surface area contributed by atoms with Crippen LogP contribution in [0.4, 0.5) is 0 Å². The lowest BCUT2D eigenvalue weighted by Crippen LogP contribution is -2.48. The van der Waals surface area contributed by atoms with E-state index in [1.165, 1.54) is 26.3 Å². The van der Waals surface area contributed by atoms with Crippen LogP contribution in [-0.2, 0) is 45.7 Å². The van der Waals surface area contributed by atoms with Gasteiger partial charge in [0, 0.05) is 12.3 Å². The third-order valence-corrected chi connectivity index (χ3v) is 9.62. The molecule has 0 aliphatic carbocycles. The molecule has 2 heterocycles. The van der Waals surface area contributed by atoms with E-state index in [4.69, 9.17) is 23.5 Å². The number of aliphatic hydroxyl groups is 2. The number of nitrogens with one attached hydrogen (secondary N) is 2. The summed E-state index contributed by atoms with van der Waals surface area (Å²) in [4.78, 5) is 42.8. The van der Waals surface area contributed by atoms with Gasteiger partial charge in [0.2, 0.25) is 5.88 Å². The van der Waals surface area contributed by atoms with Crippen LogP contribution in [0, 0.1) is 0 Å². The van der Waals surface area contributed by atoms with E-state index in [1.54, 1.807) is 62.4 Å². The van der Waals surface area contributed by atoms with Gasteiger partial charge in [0.15, 0.2) is 6.23 Å². The van der Waals surface area contributed by atoms with E-state index in [-0.39, 0.29) is 31.9 Å². The summed E-state index contributed by atoms with van der Waals surface area (Å²) >= 11 is 0. The first-order chi connectivity index (χ1) is 23.4. The fraction of sp³-hybridized carbons (Fsp3) is 0.455. The Morgan fingerprint density at radius 2 is 1.47 bits per heavy atom. The van der Waals surface area contributed by atoms with Crippen LogP contribution in [-0.4, -0.2) is 88.5 Å². The molecule has 1 saturated heterocycles. The normalized spacial score (nSPS) is 21.9. The number of rotatable bonds is 17. The Bertz CT molecular complexity index is 1570. The van der Waals surface area contributed by atoms with Crippen molar-refractivity contribution in [2.24, 2.45) is 0 Å². The van der Waals surface area contributed by atoms with Crippen LogP contribution in [0.3, 0.4) is 0 Å². The maximum atomic E-state index is 14.8. The van der Waals surface area contributed by atoms with E-state index in [9.17, 15) is 29.2 Å². The second-order valence-electron chi connectivity index (χ2n) is 11.5. The number of methoxy groups -OCH3 is 1. The molecular formula is C33H43N4O11P. The minimum Gasteiger partial charge on any atom is -0.481 e. The monoisotopic (exact) mass is 702 g/mol. The van der Waals surface area contributed by atoms with E-state index in [1.807, 2.05) is 12.1 Å². The summed E-state index contributed by atoms with van der Waals surface area (Å²) in [5.41, 5.74) is -1.40. The standard InChI is InChI=1S/C33H43N4O11P/c1-5-45-29(39)24(19-22-13-9-7-10-14-22)35-49(43,36-25(30(40)46-6-2)20-23-15-11-8-12-16-23)47-21-26-28(38)33(3,42)31(48-26)37-18-17-27(44-4)34-32(37)41/h7-18,24-26,28,31,38,42H,5-6,19-21H2,1-4H3,(H2,35,36,43)/t24-,25-,26+,28+,31+,33+/m0/s1. The largest absolute Gasteiger partial charge is 0.481 e. The van der Waals surface area contributed by atoms with Crippen molar-refractivity contribution in [3.63, 3.8) is 0 Å². The highest BCUT2D eigenvalue weighted by atomic mass is 31.2. The van der Waals surface area contributed by atoms with Crippen molar-refractivity contribution >= 4 is 19.6 Å². The summed E-state index contributed by atoms with van der Waals surface area (Å²) in [6, 6.07) is 16.8. The van der Waals surface area contributed by atoms with Crippen LogP contribution in [0.1, 0.15) is 38.1 Å². The number of aromatic nitrogens is 2. The molecule has 0 radical (unpaired) electrons. The van der Waals surface area contributed by atoms with Crippen molar-refractivity contribution < 1.29 is 47.8 Å². The van der Waals surface area contributed by atoms with E-state index in [0.717, 1.165) is 15.7 Å². The van der Waals surface area contributed by atoms with Crippen molar-refractivity contribution in [2.75, 3.05) is 26.9 Å². The zero-order chi connectivity index (χ0) is 35.6. The second kappa shape index (κ2) is 17.1. The molecule has 1 fully saturated rings. The van der Waals surface area contributed by atoms with E-state index < -0.39 is 68.0 Å². The molecule has 0 amide bonds. The van der Waals surface area contributed by atoms with Crippen molar-refractivity contribution in [2.45, 2.75) is 69.7 Å². The van der Waals surface area contributed by atoms with Crippen LogP contribution in [0.5, 0.6) is 5.88 Å². The van der Waals surface area contributed by atoms with Gasteiger partial charge in [-0.25, -0.2) is 15.0 Å². The van der Waals surface area contributed by atoms with Crippen molar-refractivity contribution in [3.8, 4) is 5.88 Å². The highest BCUT2D eigenvalue weighted by Crippen LogP contribution is 2.43. The van der Waals surface area contributed by atoms with E-state index >= 15 is 0 Å². The van der Waals surface area contributed by atoms with Crippen LogP contribution in [0.2, 0.25) is 0 Å². The molecule has 0 spiro atoms. The number of carbonyl (C=O) groups is 2. The summed E-state index contributed by atoms with van der Waals surface area (Å²) < 4.78 is 43.1. The molecule has 1 aliphatic heterocycles. The number of ether oxygens (including phenoxy) is 4. The Morgan fingerprint density at radius 3 is 1.92 bits per heavy atom. The third kappa shape index (κ3) is 9.82. The zero-order valence-corrected chi connectivity index (χ0v) is 28.7. The number of carbonyl (C=O) groups excluding carboxylic acids is 2. The number of hydrogen-bond donors (Lipinski definition) is 4. The van der Waals surface area contributed by atoms with Crippen molar-refractivity contribution in [1.82, 2.24) is 19.7 Å². The summed E-state index contributed by atoms with van der Waals surface area (Å²) in [6.07, 6.45) is -3.02. The average Bonchev–Trinajstić information content (AvgIpc) is 3.31. The third-order valence-electron chi connectivity index (χ3n) is 7.80. The van der Waals surface area contributed by atoms with Gasteiger partial charge in [0.25, 0.3) is 0 Å². The summed E-state index contributed by atoms with van der Waals surface area (Å²) in [7, 11) is -3.13. The molecule has 3 aromatic rings. The van der Waals surface area contributed by atoms with Gasteiger partial charge in [-0.1, -0.05) is 60.7 Å². The lowest BCUT2D eigenvalue weighted by Gasteiger charge is -2.30. The van der Waals surface area contributed by atoms with Gasteiger partial charge in [-0.05, 0) is 44.7 Å². The first-order valence-electron chi connectivity index (χ1n) is 15.8. The maximum Gasteiger partial charge on any atom is 0.353 e. The molecule has 0 saturated carbocycles. The summed E-state index contributed by atoms with van der Waals surface area (Å²) in [6.45, 7) is 4.00. The molecule has 6 atom stereocenters. The Labute approximate surface area is 284 Å². The quantitative estimate of drug-likeness (QED) is 0.118. The second-order valence-corrected chi connectivity index (χ2v) is 13.3. The van der Waals surface area contributed by atoms with Gasteiger partial charge in [0.1, 0.15) is 29.9 Å². The zero-order valence-electron chi connectivity index (χ0n) is 27.8. The fourth-order valence-electron chi connectivity index (χ4n) is 5.32. The van der Waals surface area contributed by atoms with Gasteiger partial charge in [-0.3, -0.25) is 18.7 Å². The molecule has 0 bridgehead atoms. The predicted molar refractivity (Wildman–Crippen MR) is 177 cm³/mol. The molecule has 49 heavy (non-hydrogen) atoms. The van der Waals surface area contributed by atoms with Crippen LogP contribution in [0.15, 0.2) is 77.7 Å². The van der Waals surface area contributed by atoms with Gasteiger partial charge in [0.05, 0.1) is 26.9 Å². The lowest BCUT2D eigenvalue weighted by molar-refractivity contribution is -0.145. The molecule has 4 N–H and O–H groups in total. The topological polar surface area (TPSA) is 197 Å². The fourth-order valence-corrected chi connectivity index (χ4v) is 7.11. The Balaban J connectivity index is 1.66. The van der Waals surface area contributed by atoms with Gasteiger partial charge < -0.3 is 33.7 Å². The molecule has 266 valence electrons.